The molecule has 0 aromatic heterocycles. The minimum absolute atomic E-state index is 0.0656. The Hall–Kier alpha value is -2.24. The fourth-order valence-corrected chi connectivity index (χ4v) is 2.36. The number of rotatable bonds is 4. The summed E-state index contributed by atoms with van der Waals surface area (Å²) >= 11 is 0. The lowest BCUT2D eigenvalue weighted by Gasteiger charge is -2.20. The molecule has 1 N–H and O–H groups in total. The molecule has 1 fully saturated rings. The molecule has 1 aromatic carbocycles. The predicted octanol–water partition coefficient (Wildman–Crippen LogP) is 3.06. The van der Waals surface area contributed by atoms with Gasteiger partial charge in [-0.15, -0.1) is 0 Å². The Morgan fingerprint density at radius 3 is 2.57 bits per heavy atom. The number of hydrogen-bond acceptors (Lipinski definition) is 4. The number of hydrogen-bond donors (Lipinski definition) is 1. The van der Waals surface area contributed by atoms with Gasteiger partial charge in [-0.05, 0) is 30.0 Å². The van der Waals surface area contributed by atoms with Crippen molar-refractivity contribution in [3.63, 3.8) is 0 Å². The molecule has 2 amide bonds. The van der Waals surface area contributed by atoms with Crippen molar-refractivity contribution in [2.24, 2.45) is 0 Å². The van der Waals surface area contributed by atoms with E-state index in [-0.39, 0.29) is 18.1 Å². The van der Waals surface area contributed by atoms with E-state index < -0.39 is 12.2 Å². The molecular formula is C17H24N2O4. The zero-order chi connectivity index (χ0) is 17.0. The molecule has 6 heteroatoms. The number of ether oxygens (including phenoxy) is 2. The van der Waals surface area contributed by atoms with Crippen molar-refractivity contribution in [3.05, 3.63) is 29.8 Å². The molecule has 1 atom stereocenters. The Morgan fingerprint density at radius 1 is 1.35 bits per heavy atom. The highest BCUT2D eigenvalue weighted by Gasteiger charge is 2.32. The van der Waals surface area contributed by atoms with Crippen molar-refractivity contribution < 1.29 is 19.1 Å². The summed E-state index contributed by atoms with van der Waals surface area (Å²) in [5.41, 5.74) is 2.06. The maximum atomic E-state index is 12.0. The lowest BCUT2D eigenvalue weighted by atomic mass is 9.87. The van der Waals surface area contributed by atoms with Crippen LogP contribution < -0.4 is 10.2 Å². The van der Waals surface area contributed by atoms with E-state index in [0.717, 1.165) is 5.69 Å². The summed E-state index contributed by atoms with van der Waals surface area (Å²) in [7, 11) is 0. The van der Waals surface area contributed by atoms with Crippen molar-refractivity contribution in [1.82, 2.24) is 5.32 Å². The van der Waals surface area contributed by atoms with Crippen LogP contribution in [0.4, 0.5) is 15.3 Å². The highest BCUT2D eigenvalue weighted by atomic mass is 16.6. The lowest BCUT2D eigenvalue weighted by molar-refractivity contribution is 0.127. The molecule has 0 bridgehead atoms. The second-order valence-electron chi connectivity index (χ2n) is 6.51. The van der Waals surface area contributed by atoms with Crippen LogP contribution >= 0.6 is 0 Å². The Labute approximate surface area is 136 Å². The molecule has 6 nitrogen and oxygen atoms in total. The topological polar surface area (TPSA) is 67.9 Å². The van der Waals surface area contributed by atoms with Gasteiger partial charge in [-0.3, -0.25) is 4.90 Å². The second kappa shape index (κ2) is 6.89. The van der Waals surface area contributed by atoms with Gasteiger partial charge in [-0.25, -0.2) is 9.59 Å². The van der Waals surface area contributed by atoms with E-state index in [1.54, 1.807) is 11.8 Å². The maximum Gasteiger partial charge on any atom is 0.414 e. The maximum absolute atomic E-state index is 12.0. The molecule has 1 aliphatic heterocycles. The average molecular weight is 320 g/mol. The van der Waals surface area contributed by atoms with E-state index in [1.165, 1.54) is 5.56 Å². The fraction of sp³-hybridized carbons (Fsp3) is 0.529. The molecule has 1 unspecified atom stereocenters. The van der Waals surface area contributed by atoms with Crippen LogP contribution in [0.1, 0.15) is 33.3 Å². The first-order valence-corrected chi connectivity index (χ1v) is 7.80. The van der Waals surface area contributed by atoms with E-state index in [2.05, 4.69) is 26.1 Å². The van der Waals surface area contributed by atoms with Crippen LogP contribution in [-0.4, -0.2) is 38.0 Å². The van der Waals surface area contributed by atoms with E-state index in [1.807, 2.05) is 24.3 Å². The van der Waals surface area contributed by atoms with Gasteiger partial charge < -0.3 is 14.8 Å². The zero-order valence-corrected chi connectivity index (χ0v) is 14.1. The Balaban J connectivity index is 1.96. The number of nitrogens with zero attached hydrogens (tertiary/aromatic N) is 1. The van der Waals surface area contributed by atoms with Crippen LogP contribution in [0.3, 0.4) is 0 Å². The SMILES string of the molecule is CCOC(=O)NCC1CN(c2ccc(C(C)(C)C)cc2)C(=O)O1. The minimum atomic E-state index is -0.503. The Morgan fingerprint density at radius 2 is 2.00 bits per heavy atom. The number of amides is 2. The zero-order valence-electron chi connectivity index (χ0n) is 14.1. The standard InChI is InChI=1S/C17H24N2O4/c1-5-22-15(20)18-10-14-11-19(16(21)23-14)13-8-6-12(7-9-13)17(2,3)4/h6-9,14H,5,10-11H2,1-4H3,(H,18,20). The van der Waals surface area contributed by atoms with Gasteiger partial charge in [0.15, 0.2) is 0 Å². The molecule has 1 aliphatic rings. The normalized spacial score (nSPS) is 17.8. The predicted molar refractivity (Wildman–Crippen MR) is 87.8 cm³/mol. The number of nitrogens with one attached hydrogen (secondary N) is 1. The summed E-state index contributed by atoms with van der Waals surface area (Å²) in [6.45, 7) is 9.11. The quantitative estimate of drug-likeness (QED) is 0.926. The first-order valence-electron chi connectivity index (χ1n) is 7.80. The van der Waals surface area contributed by atoms with Crippen LogP contribution in [0.15, 0.2) is 24.3 Å². The molecule has 0 saturated carbocycles. The van der Waals surface area contributed by atoms with Crippen LogP contribution in [-0.2, 0) is 14.9 Å². The summed E-state index contributed by atoms with van der Waals surface area (Å²) in [5.74, 6) is 0. The molecule has 1 heterocycles. The van der Waals surface area contributed by atoms with Gasteiger partial charge in [0.1, 0.15) is 6.10 Å². The van der Waals surface area contributed by atoms with Crippen molar-refractivity contribution in [2.45, 2.75) is 39.2 Å². The molecule has 23 heavy (non-hydrogen) atoms. The number of anilines is 1. The van der Waals surface area contributed by atoms with Crippen molar-refractivity contribution in [2.75, 3.05) is 24.6 Å². The third kappa shape index (κ3) is 4.37. The number of carbonyl (C=O) groups is 2. The Bertz CT molecular complexity index is 563. The van der Waals surface area contributed by atoms with Gasteiger partial charge in [0.25, 0.3) is 0 Å². The number of benzene rings is 1. The van der Waals surface area contributed by atoms with Crippen molar-refractivity contribution >= 4 is 17.9 Å². The molecule has 0 radical (unpaired) electrons. The monoisotopic (exact) mass is 320 g/mol. The van der Waals surface area contributed by atoms with Crippen molar-refractivity contribution in [1.29, 1.82) is 0 Å². The molecule has 126 valence electrons. The number of alkyl carbamates (subject to hydrolysis) is 1. The van der Waals surface area contributed by atoms with Crippen LogP contribution in [0.2, 0.25) is 0 Å². The molecular weight excluding hydrogens is 296 g/mol. The highest BCUT2D eigenvalue weighted by Crippen LogP contribution is 2.27. The van der Waals surface area contributed by atoms with E-state index in [0.29, 0.717) is 13.2 Å². The van der Waals surface area contributed by atoms with Gasteiger partial charge in [0, 0.05) is 5.69 Å². The second-order valence-corrected chi connectivity index (χ2v) is 6.51. The van der Waals surface area contributed by atoms with Gasteiger partial charge >= 0.3 is 12.2 Å². The van der Waals surface area contributed by atoms with Gasteiger partial charge in [-0.2, -0.15) is 0 Å². The molecule has 0 aliphatic carbocycles. The molecule has 2 rings (SSSR count). The third-order valence-corrected chi connectivity index (χ3v) is 3.67. The van der Waals surface area contributed by atoms with E-state index in [9.17, 15) is 9.59 Å². The molecule has 0 spiro atoms. The third-order valence-electron chi connectivity index (χ3n) is 3.67. The molecule has 1 saturated heterocycles. The number of carbonyl (C=O) groups excluding carboxylic acids is 2. The fourth-order valence-electron chi connectivity index (χ4n) is 2.36. The van der Waals surface area contributed by atoms with Gasteiger partial charge in [0.2, 0.25) is 0 Å². The first-order chi connectivity index (χ1) is 10.8. The summed E-state index contributed by atoms with van der Waals surface area (Å²) in [6, 6.07) is 7.88. The lowest BCUT2D eigenvalue weighted by Crippen LogP contribution is -2.35. The van der Waals surface area contributed by atoms with Gasteiger partial charge in [-0.1, -0.05) is 32.9 Å². The van der Waals surface area contributed by atoms with Gasteiger partial charge in [0.05, 0.1) is 19.7 Å². The minimum Gasteiger partial charge on any atom is -0.450 e. The van der Waals surface area contributed by atoms with Crippen LogP contribution in [0.25, 0.3) is 0 Å². The van der Waals surface area contributed by atoms with E-state index >= 15 is 0 Å². The number of cyclic esters (lactones) is 1. The highest BCUT2D eigenvalue weighted by molar-refractivity contribution is 5.89. The van der Waals surface area contributed by atoms with Crippen LogP contribution in [0.5, 0.6) is 0 Å². The first kappa shape index (κ1) is 17.1. The summed E-state index contributed by atoms with van der Waals surface area (Å²) < 4.78 is 10.1. The molecule has 1 aromatic rings. The largest absolute Gasteiger partial charge is 0.450 e. The van der Waals surface area contributed by atoms with Crippen LogP contribution in [0, 0.1) is 0 Å². The summed E-state index contributed by atoms with van der Waals surface area (Å²) in [5, 5.41) is 2.58. The summed E-state index contributed by atoms with van der Waals surface area (Å²) in [4.78, 5) is 24.8. The Kier molecular flexibility index (Phi) is 5.13. The average Bonchev–Trinajstić information content (AvgIpc) is 2.86. The summed E-state index contributed by atoms with van der Waals surface area (Å²) in [6.07, 6.45) is -1.28. The van der Waals surface area contributed by atoms with Crippen molar-refractivity contribution in [3.8, 4) is 0 Å². The smallest absolute Gasteiger partial charge is 0.414 e. The van der Waals surface area contributed by atoms with E-state index in [4.69, 9.17) is 9.47 Å².